The molecule has 5 heteroatoms. The molecule has 0 spiro atoms. The highest BCUT2D eigenvalue weighted by Crippen LogP contribution is 2.09. The van der Waals surface area contributed by atoms with Gasteiger partial charge in [-0.2, -0.15) is 0 Å². The molecule has 0 amide bonds. The van der Waals surface area contributed by atoms with E-state index in [-0.39, 0.29) is 5.97 Å². The minimum atomic E-state index is -0.423. The number of carbonyl (C=O) groups excluding carboxylic acids is 1. The van der Waals surface area contributed by atoms with Crippen molar-refractivity contribution in [3.8, 4) is 0 Å². The molecule has 18 heavy (non-hydrogen) atoms. The Morgan fingerprint density at radius 2 is 2.06 bits per heavy atom. The van der Waals surface area contributed by atoms with Gasteiger partial charge in [0.25, 0.3) is 0 Å². The van der Waals surface area contributed by atoms with Gasteiger partial charge in [-0.25, -0.2) is 4.98 Å². The number of aryl methyl sites for hydroxylation is 2. The lowest BCUT2D eigenvalue weighted by Gasteiger charge is -2.19. The zero-order chi connectivity index (χ0) is 13.8. The Morgan fingerprint density at radius 3 is 2.56 bits per heavy atom. The zero-order valence-electron chi connectivity index (χ0n) is 11.8. The number of esters is 1. The van der Waals surface area contributed by atoms with Gasteiger partial charge in [-0.3, -0.25) is 4.79 Å². The average Bonchev–Trinajstić information content (AvgIpc) is 2.51. The van der Waals surface area contributed by atoms with Crippen LogP contribution in [0.15, 0.2) is 4.42 Å². The molecule has 0 saturated carbocycles. The molecule has 5 nitrogen and oxygen atoms in total. The summed E-state index contributed by atoms with van der Waals surface area (Å²) in [5.74, 6) is 1.28. The standard InChI is InChI=1S/C13H22N2O3/c1-9-10(2)17-11(15-9)8-14-7-6-12(16)18-13(3,4)5/h14H,6-8H2,1-5H3. The Morgan fingerprint density at radius 1 is 1.39 bits per heavy atom. The fourth-order valence-corrected chi connectivity index (χ4v) is 1.39. The molecule has 0 saturated heterocycles. The molecule has 0 aliphatic carbocycles. The van der Waals surface area contributed by atoms with Gasteiger partial charge in [-0.1, -0.05) is 0 Å². The summed E-state index contributed by atoms with van der Waals surface area (Å²) in [6, 6.07) is 0. The predicted octanol–water partition coefficient (Wildman–Crippen LogP) is 2.11. The van der Waals surface area contributed by atoms with Crippen LogP contribution in [-0.4, -0.2) is 23.1 Å². The Labute approximate surface area is 108 Å². The van der Waals surface area contributed by atoms with Gasteiger partial charge in [-0.15, -0.1) is 0 Å². The monoisotopic (exact) mass is 254 g/mol. The number of oxazole rings is 1. The predicted molar refractivity (Wildman–Crippen MR) is 68.1 cm³/mol. The van der Waals surface area contributed by atoms with Crippen molar-refractivity contribution in [2.45, 2.75) is 53.2 Å². The van der Waals surface area contributed by atoms with Crippen molar-refractivity contribution in [1.82, 2.24) is 10.3 Å². The molecular weight excluding hydrogens is 232 g/mol. The topological polar surface area (TPSA) is 64.4 Å². The van der Waals surface area contributed by atoms with Crippen molar-refractivity contribution in [1.29, 1.82) is 0 Å². The van der Waals surface area contributed by atoms with E-state index in [4.69, 9.17) is 9.15 Å². The van der Waals surface area contributed by atoms with Crippen molar-refractivity contribution in [3.63, 3.8) is 0 Å². The Kier molecular flexibility index (Phi) is 4.90. The van der Waals surface area contributed by atoms with E-state index in [9.17, 15) is 4.79 Å². The fraction of sp³-hybridized carbons (Fsp3) is 0.692. The molecule has 1 rings (SSSR count). The molecule has 0 aromatic carbocycles. The summed E-state index contributed by atoms with van der Waals surface area (Å²) in [7, 11) is 0. The van der Waals surface area contributed by atoms with E-state index in [2.05, 4.69) is 10.3 Å². The first-order chi connectivity index (χ1) is 8.28. The highest BCUT2D eigenvalue weighted by atomic mass is 16.6. The maximum atomic E-state index is 11.4. The van der Waals surface area contributed by atoms with Gasteiger partial charge >= 0.3 is 5.97 Å². The normalized spacial score (nSPS) is 11.6. The second kappa shape index (κ2) is 6.00. The van der Waals surface area contributed by atoms with Crippen molar-refractivity contribution in [3.05, 3.63) is 17.3 Å². The van der Waals surface area contributed by atoms with Crippen molar-refractivity contribution < 1.29 is 13.9 Å². The third-order valence-electron chi connectivity index (χ3n) is 2.27. The summed E-state index contributed by atoms with van der Waals surface area (Å²) < 4.78 is 10.6. The van der Waals surface area contributed by atoms with Gasteiger partial charge in [0.05, 0.1) is 18.7 Å². The summed E-state index contributed by atoms with van der Waals surface area (Å²) in [6.45, 7) is 10.4. The first kappa shape index (κ1) is 14.7. The highest BCUT2D eigenvalue weighted by Gasteiger charge is 2.15. The molecule has 1 heterocycles. The van der Waals surface area contributed by atoms with E-state index >= 15 is 0 Å². The Hall–Kier alpha value is -1.36. The number of aromatic nitrogens is 1. The number of nitrogens with one attached hydrogen (secondary N) is 1. The highest BCUT2D eigenvalue weighted by molar-refractivity contribution is 5.70. The van der Waals surface area contributed by atoms with Crippen LogP contribution < -0.4 is 5.32 Å². The van der Waals surface area contributed by atoms with Crippen LogP contribution in [-0.2, 0) is 16.1 Å². The summed E-state index contributed by atoms with van der Waals surface area (Å²) in [5.41, 5.74) is 0.479. The van der Waals surface area contributed by atoms with E-state index in [1.165, 1.54) is 0 Å². The maximum Gasteiger partial charge on any atom is 0.307 e. The molecule has 102 valence electrons. The Bertz CT molecular complexity index is 385. The van der Waals surface area contributed by atoms with Crippen LogP contribution in [0.2, 0.25) is 0 Å². The van der Waals surface area contributed by atoms with Crippen molar-refractivity contribution in [2.75, 3.05) is 6.54 Å². The van der Waals surface area contributed by atoms with Gasteiger partial charge in [0, 0.05) is 6.54 Å². The number of hydrogen-bond acceptors (Lipinski definition) is 5. The number of ether oxygens (including phenoxy) is 1. The van der Waals surface area contributed by atoms with E-state index < -0.39 is 5.60 Å². The number of nitrogens with zero attached hydrogens (tertiary/aromatic N) is 1. The summed E-state index contributed by atoms with van der Waals surface area (Å²) in [6.07, 6.45) is 0.343. The van der Waals surface area contributed by atoms with Crippen LogP contribution in [0.5, 0.6) is 0 Å². The minimum absolute atomic E-state index is 0.199. The largest absolute Gasteiger partial charge is 0.460 e. The lowest BCUT2D eigenvalue weighted by molar-refractivity contribution is -0.154. The minimum Gasteiger partial charge on any atom is -0.460 e. The van der Waals surface area contributed by atoms with E-state index in [1.807, 2.05) is 34.6 Å². The molecule has 1 aromatic rings. The molecular formula is C13H22N2O3. The third kappa shape index (κ3) is 5.31. The van der Waals surface area contributed by atoms with Crippen LogP contribution in [0.4, 0.5) is 0 Å². The van der Waals surface area contributed by atoms with Gasteiger partial charge in [0.2, 0.25) is 5.89 Å². The number of hydrogen-bond donors (Lipinski definition) is 1. The van der Waals surface area contributed by atoms with Gasteiger partial charge in [-0.05, 0) is 34.6 Å². The van der Waals surface area contributed by atoms with E-state index in [0.717, 1.165) is 11.5 Å². The fourth-order valence-electron chi connectivity index (χ4n) is 1.39. The maximum absolute atomic E-state index is 11.4. The summed E-state index contributed by atoms with van der Waals surface area (Å²) in [4.78, 5) is 15.7. The lowest BCUT2D eigenvalue weighted by atomic mass is 10.2. The molecule has 0 unspecified atom stereocenters. The molecule has 0 aliphatic rings. The van der Waals surface area contributed by atoms with E-state index in [0.29, 0.717) is 25.4 Å². The Balaban J connectivity index is 2.21. The first-order valence-electron chi connectivity index (χ1n) is 6.13. The average molecular weight is 254 g/mol. The molecule has 1 N–H and O–H groups in total. The lowest BCUT2D eigenvalue weighted by Crippen LogP contribution is -2.26. The molecule has 0 radical (unpaired) electrons. The molecule has 0 bridgehead atoms. The third-order valence-corrected chi connectivity index (χ3v) is 2.27. The smallest absolute Gasteiger partial charge is 0.307 e. The van der Waals surface area contributed by atoms with Crippen LogP contribution in [0.25, 0.3) is 0 Å². The van der Waals surface area contributed by atoms with Crippen molar-refractivity contribution in [2.24, 2.45) is 0 Å². The number of rotatable bonds is 5. The first-order valence-corrected chi connectivity index (χ1v) is 6.13. The molecule has 0 aliphatic heterocycles. The van der Waals surface area contributed by atoms with Crippen LogP contribution >= 0.6 is 0 Å². The molecule has 0 fully saturated rings. The van der Waals surface area contributed by atoms with Crippen LogP contribution in [0.3, 0.4) is 0 Å². The van der Waals surface area contributed by atoms with Gasteiger partial charge in [0.15, 0.2) is 0 Å². The second-order valence-electron chi connectivity index (χ2n) is 5.26. The second-order valence-corrected chi connectivity index (χ2v) is 5.26. The SMILES string of the molecule is Cc1nc(CNCCC(=O)OC(C)(C)C)oc1C. The molecule has 0 atom stereocenters. The molecule has 1 aromatic heterocycles. The zero-order valence-corrected chi connectivity index (χ0v) is 11.8. The van der Waals surface area contributed by atoms with Gasteiger partial charge < -0.3 is 14.5 Å². The van der Waals surface area contributed by atoms with E-state index in [1.54, 1.807) is 0 Å². The van der Waals surface area contributed by atoms with Crippen LogP contribution in [0.1, 0.15) is 44.5 Å². The number of carbonyl (C=O) groups is 1. The quantitative estimate of drug-likeness (QED) is 0.644. The summed E-state index contributed by atoms with van der Waals surface area (Å²) >= 11 is 0. The summed E-state index contributed by atoms with van der Waals surface area (Å²) in [5, 5.41) is 3.10. The van der Waals surface area contributed by atoms with Crippen molar-refractivity contribution >= 4 is 5.97 Å². The van der Waals surface area contributed by atoms with Crippen LogP contribution in [0, 0.1) is 13.8 Å². The van der Waals surface area contributed by atoms with Gasteiger partial charge in [0.1, 0.15) is 11.4 Å².